The molecular formula is C14H14N2O2. The van der Waals surface area contributed by atoms with Crippen molar-refractivity contribution in [3.05, 3.63) is 54.4 Å². The molecule has 1 aromatic heterocycles. The van der Waals surface area contributed by atoms with Crippen LogP contribution in [-0.4, -0.2) is 20.6 Å². The topological polar surface area (TPSA) is 55.1 Å². The summed E-state index contributed by atoms with van der Waals surface area (Å²) in [5.41, 5.74) is 1.79. The van der Waals surface area contributed by atoms with Crippen molar-refractivity contribution in [1.82, 2.24) is 9.55 Å². The van der Waals surface area contributed by atoms with E-state index in [-0.39, 0.29) is 0 Å². The summed E-state index contributed by atoms with van der Waals surface area (Å²) in [6.07, 6.45) is 4.78. The fraction of sp³-hybridized carbons (Fsp3) is 0.143. The van der Waals surface area contributed by atoms with Gasteiger partial charge in [0, 0.05) is 30.6 Å². The predicted octanol–water partition coefficient (Wildman–Crippen LogP) is 2.58. The molecule has 0 unspecified atom stereocenters. The zero-order valence-electron chi connectivity index (χ0n) is 10.1. The van der Waals surface area contributed by atoms with Gasteiger partial charge in [-0.05, 0) is 12.5 Å². The summed E-state index contributed by atoms with van der Waals surface area (Å²) >= 11 is 0. The minimum Gasteiger partial charge on any atom is -0.478 e. The zero-order valence-corrected chi connectivity index (χ0v) is 10.1. The first-order valence-electron chi connectivity index (χ1n) is 5.63. The molecule has 18 heavy (non-hydrogen) atoms. The fourth-order valence-corrected chi connectivity index (χ4v) is 1.81. The van der Waals surface area contributed by atoms with Gasteiger partial charge in [0.25, 0.3) is 0 Å². The van der Waals surface area contributed by atoms with Gasteiger partial charge in [0.15, 0.2) is 0 Å². The number of carboxylic acids is 1. The first kappa shape index (κ1) is 12.1. The summed E-state index contributed by atoms with van der Waals surface area (Å²) in [4.78, 5) is 14.9. The second kappa shape index (κ2) is 5.31. The number of aliphatic carboxylic acids is 1. The van der Waals surface area contributed by atoms with Crippen molar-refractivity contribution in [3.63, 3.8) is 0 Å². The highest BCUT2D eigenvalue weighted by atomic mass is 16.4. The number of imidazole rings is 1. The molecule has 0 radical (unpaired) electrons. The van der Waals surface area contributed by atoms with E-state index in [2.05, 4.69) is 4.98 Å². The smallest absolute Gasteiger partial charge is 0.328 e. The standard InChI is InChI=1S/C14H14N2O2/c1-11(9-13(17)18)10-16-8-7-15-14(16)12-5-3-2-4-6-12/h2-9H,10H2,1H3,(H,17,18). The molecule has 0 amide bonds. The molecule has 0 saturated heterocycles. The van der Waals surface area contributed by atoms with Crippen LogP contribution in [0.2, 0.25) is 0 Å². The van der Waals surface area contributed by atoms with Crippen LogP contribution in [0.3, 0.4) is 0 Å². The summed E-state index contributed by atoms with van der Waals surface area (Å²) in [5, 5.41) is 8.70. The Balaban J connectivity index is 2.27. The molecule has 0 aliphatic heterocycles. The Morgan fingerprint density at radius 3 is 2.78 bits per heavy atom. The van der Waals surface area contributed by atoms with E-state index in [0.29, 0.717) is 6.54 Å². The van der Waals surface area contributed by atoms with Gasteiger partial charge in [0.2, 0.25) is 0 Å². The average molecular weight is 242 g/mol. The van der Waals surface area contributed by atoms with E-state index in [1.165, 1.54) is 6.08 Å². The molecular weight excluding hydrogens is 228 g/mol. The van der Waals surface area contributed by atoms with E-state index in [1.54, 1.807) is 13.1 Å². The van der Waals surface area contributed by atoms with Crippen LogP contribution in [0.4, 0.5) is 0 Å². The van der Waals surface area contributed by atoms with Crippen LogP contribution >= 0.6 is 0 Å². The number of allylic oxidation sites excluding steroid dienone is 1. The number of nitrogens with zero attached hydrogens (tertiary/aromatic N) is 2. The van der Waals surface area contributed by atoms with E-state index in [4.69, 9.17) is 5.11 Å². The molecule has 1 aromatic carbocycles. The maximum atomic E-state index is 10.6. The molecule has 2 rings (SSSR count). The SMILES string of the molecule is CC(=CC(=O)O)Cn1ccnc1-c1ccccc1. The normalized spacial score (nSPS) is 11.5. The van der Waals surface area contributed by atoms with Crippen LogP contribution in [0.1, 0.15) is 6.92 Å². The van der Waals surface area contributed by atoms with Crippen molar-refractivity contribution in [2.24, 2.45) is 0 Å². The van der Waals surface area contributed by atoms with Gasteiger partial charge in [-0.15, -0.1) is 0 Å². The number of hydrogen-bond donors (Lipinski definition) is 1. The molecule has 2 aromatic rings. The molecule has 4 heteroatoms. The van der Waals surface area contributed by atoms with Crippen LogP contribution in [0, 0.1) is 0 Å². The molecule has 4 nitrogen and oxygen atoms in total. The van der Waals surface area contributed by atoms with Gasteiger partial charge in [-0.2, -0.15) is 0 Å². The average Bonchev–Trinajstić information content (AvgIpc) is 2.77. The van der Waals surface area contributed by atoms with E-state index >= 15 is 0 Å². The first-order valence-corrected chi connectivity index (χ1v) is 5.63. The monoisotopic (exact) mass is 242 g/mol. The Labute approximate surface area is 105 Å². The van der Waals surface area contributed by atoms with Gasteiger partial charge < -0.3 is 9.67 Å². The van der Waals surface area contributed by atoms with Gasteiger partial charge in [-0.3, -0.25) is 0 Å². The number of benzene rings is 1. The van der Waals surface area contributed by atoms with Crippen LogP contribution in [0.25, 0.3) is 11.4 Å². The molecule has 0 bridgehead atoms. The van der Waals surface area contributed by atoms with Crippen molar-refractivity contribution < 1.29 is 9.90 Å². The lowest BCUT2D eigenvalue weighted by atomic mass is 10.2. The summed E-state index contributed by atoms with van der Waals surface area (Å²) in [6.45, 7) is 2.32. The van der Waals surface area contributed by atoms with E-state index < -0.39 is 5.97 Å². The number of hydrogen-bond acceptors (Lipinski definition) is 2. The fourth-order valence-electron chi connectivity index (χ4n) is 1.81. The molecule has 1 N–H and O–H groups in total. The van der Waals surface area contributed by atoms with Gasteiger partial charge in [0.05, 0.1) is 0 Å². The van der Waals surface area contributed by atoms with Gasteiger partial charge in [0.1, 0.15) is 5.82 Å². The van der Waals surface area contributed by atoms with Crippen molar-refractivity contribution in [1.29, 1.82) is 0 Å². The molecule has 0 aliphatic carbocycles. The van der Waals surface area contributed by atoms with Crippen LogP contribution < -0.4 is 0 Å². The lowest BCUT2D eigenvalue weighted by molar-refractivity contribution is -0.131. The van der Waals surface area contributed by atoms with Crippen LogP contribution in [0.15, 0.2) is 54.4 Å². The van der Waals surface area contributed by atoms with Crippen molar-refractivity contribution in [2.75, 3.05) is 0 Å². The van der Waals surface area contributed by atoms with E-state index in [9.17, 15) is 4.79 Å². The number of carbonyl (C=O) groups is 1. The maximum Gasteiger partial charge on any atom is 0.328 e. The zero-order chi connectivity index (χ0) is 13.0. The number of aromatic nitrogens is 2. The quantitative estimate of drug-likeness (QED) is 0.838. The Morgan fingerprint density at radius 1 is 1.39 bits per heavy atom. The van der Waals surface area contributed by atoms with Gasteiger partial charge in [-0.1, -0.05) is 30.3 Å². The second-order valence-corrected chi connectivity index (χ2v) is 4.07. The molecule has 0 aliphatic rings. The number of rotatable bonds is 4. The number of carboxylic acid groups (broad SMARTS) is 1. The third kappa shape index (κ3) is 2.85. The summed E-state index contributed by atoms with van der Waals surface area (Å²) in [5.74, 6) is -0.0809. The molecule has 0 saturated carbocycles. The minimum atomic E-state index is -0.922. The highest BCUT2D eigenvalue weighted by molar-refractivity contribution is 5.80. The van der Waals surface area contributed by atoms with Crippen molar-refractivity contribution in [2.45, 2.75) is 13.5 Å². The third-order valence-electron chi connectivity index (χ3n) is 2.54. The first-order chi connectivity index (χ1) is 8.66. The van der Waals surface area contributed by atoms with Gasteiger partial charge in [-0.25, -0.2) is 9.78 Å². The Hall–Kier alpha value is -2.36. The van der Waals surface area contributed by atoms with Crippen LogP contribution in [-0.2, 0) is 11.3 Å². The Kier molecular flexibility index (Phi) is 3.57. The Bertz CT molecular complexity index is 570. The molecule has 1 heterocycles. The van der Waals surface area contributed by atoms with E-state index in [0.717, 1.165) is 17.0 Å². The highest BCUT2D eigenvalue weighted by Gasteiger charge is 2.05. The largest absolute Gasteiger partial charge is 0.478 e. The molecule has 92 valence electrons. The summed E-state index contributed by atoms with van der Waals surface area (Å²) < 4.78 is 1.93. The predicted molar refractivity (Wildman–Crippen MR) is 69.1 cm³/mol. The summed E-state index contributed by atoms with van der Waals surface area (Å²) in [6, 6.07) is 9.82. The minimum absolute atomic E-state index is 0.524. The molecule has 0 atom stereocenters. The summed E-state index contributed by atoms with van der Waals surface area (Å²) in [7, 11) is 0. The van der Waals surface area contributed by atoms with Crippen molar-refractivity contribution in [3.8, 4) is 11.4 Å². The lowest BCUT2D eigenvalue weighted by Crippen LogP contribution is -2.02. The Morgan fingerprint density at radius 2 is 2.11 bits per heavy atom. The van der Waals surface area contributed by atoms with E-state index in [1.807, 2.05) is 41.1 Å². The second-order valence-electron chi connectivity index (χ2n) is 4.07. The third-order valence-corrected chi connectivity index (χ3v) is 2.54. The lowest BCUT2D eigenvalue weighted by Gasteiger charge is -2.07. The maximum absolute atomic E-state index is 10.6. The van der Waals surface area contributed by atoms with Crippen LogP contribution in [0.5, 0.6) is 0 Å². The highest BCUT2D eigenvalue weighted by Crippen LogP contribution is 2.17. The van der Waals surface area contributed by atoms with Crippen molar-refractivity contribution >= 4 is 5.97 Å². The van der Waals surface area contributed by atoms with Gasteiger partial charge >= 0.3 is 5.97 Å². The molecule has 0 spiro atoms. The molecule has 0 fully saturated rings.